The van der Waals surface area contributed by atoms with Crippen molar-refractivity contribution in [3.63, 3.8) is 0 Å². The molecule has 20 heavy (non-hydrogen) atoms. The summed E-state index contributed by atoms with van der Waals surface area (Å²) in [5.41, 5.74) is 0.886. The summed E-state index contributed by atoms with van der Waals surface area (Å²) in [4.78, 5) is 5.49. The number of nitrogens with zero attached hydrogens (tertiary/aromatic N) is 3. The Bertz CT molecular complexity index is 612. The van der Waals surface area contributed by atoms with E-state index < -0.39 is 5.92 Å². The maximum atomic E-state index is 13.1. The maximum absolute atomic E-state index is 13.1. The van der Waals surface area contributed by atoms with Gasteiger partial charge in [0.15, 0.2) is 5.65 Å². The van der Waals surface area contributed by atoms with Crippen LogP contribution in [0.4, 0.5) is 8.78 Å². The second-order valence-corrected chi connectivity index (χ2v) is 8.31. The average molecular weight is 427 g/mol. The van der Waals surface area contributed by atoms with E-state index in [-0.39, 0.29) is 18.1 Å². The van der Waals surface area contributed by atoms with E-state index in [1.165, 1.54) is 0 Å². The molecular formula is C12H13F2IN3PS. The van der Waals surface area contributed by atoms with Gasteiger partial charge < -0.3 is 0 Å². The highest BCUT2D eigenvalue weighted by Crippen LogP contribution is 2.40. The molecule has 1 atom stereocenters. The van der Waals surface area contributed by atoms with Gasteiger partial charge in [0.05, 0.1) is 12.6 Å². The number of hydrogen-bond acceptors (Lipinski definition) is 3. The molecule has 0 amide bonds. The molecule has 1 aliphatic carbocycles. The lowest BCUT2D eigenvalue weighted by atomic mass is 9.96. The number of pyridine rings is 1. The largest absolute Gasteiger partial charge is 0.248 e. The Morgan fingerprint density at radius 3 is 2.80 bits per heavy atom. The molecule has 1 unspecified atom stereocenters. The van der Waals surface area contributed by atoms with Gasteiger partial charge in [0.1, 0.15) is 0 Å². The van der Waals surface area contributed by atoms with Crippen molar-refractivity contribution in [2.45, 2.75) is 41.8 Å². The SMILES string of the molecule is FC1(F)CCC(Sc2cnc3c(cnn3PI)c2)CC1. The molecule has 2 aromatic rings. The summed E-state index contributed by atoms with van der Waals surface area (Å²) in [6.45, 7) is 0. The average Bonchev–Trinajstić information content (AvgIpc) is 2.83. The molecule has 0 spiro atoms. The molecule has 1 saturated carbocycles. The molecule has 0 aliphatic heterocycles. The first-order chi connectivity index (χ1) is 9.57. The van der Waals surface area contributed by atoms with Crippen LogP contribution in [0.2, 0.25) is 0 Å². The second kappa shape index (κ2) is 6.01. The van der Waals surface area contributed by atoms with Crippen LogP contribution in [-0.2, 0) is 0 Å². The van der Waals surface area contributed by atoms with Crippen LogP contribution in [0.25, 0.3) is 11.0 Å². The number of rotatable bonds is 3. The predicted molar refractivity (Wildman–Crippen MR) is 88.3 cm³/mol. The minimum absolute atomic E-state index is 0.00816. The molecule has 3 nitrogen and oxygen atoms in total. The van der Waals surface area contributed by atoms with Crippen LogP contribution < -0.4 is 0 Å². The molecule has 0 bridgehead atoms. The van der Waals surface area contributed by atoms with Gasteiger partial charge in [-0.25, -0.2) is 18.2 Å². The van der Waals surface area contributed by atoms with E-state index >= 15 is 0 Å². The minimum atomic E-state index is -2.46. The Labute approximate surface area is 134 Å². The van der Waals surface area contributed by atoms with Gasteiger partial charge in [0, 0.05) is 34.6 Å². The van der Waals surface area contributed by atoms with Gasteiger partial charge >= 0.3 is 0 Å². The van der Waals surface area contributed by atoms with Gasteiger partial charge in [-0.05, 0) is 40.9 Å². The monoisotopic (exact) mass is 427 g/mol. The first-order valence-electron chi connectivity index (χ1n) is 6.32. The van der Waals surface area contributed by atoms with E-state index in [1.54, 1.807) is 11.8 Å². The van der Waals surface area contributed by atoms with Crippen molar-refractivity contribution < 1.29 is 8.78 Å². The highest BCUT2D eigenvalue weighted by Gasteiger charge is 2.35. The number of fused-ring (bicyclic) bond motifs is 1. The zero-order chi connectivity index (χ0) is 14.2. The molecule has 108 valence electrons. The van der Waals surface area contributed by atoms with Crippen LogP contribution in [-0.4, -0.2) is 25.7 Å². The Morgan fingerprint density at radius 1 is 1.35 bits per heavy atom. The smallest absolute Gasteiger partial charge is 0.235 e. The summed E-state index contributed by atoms with van der Waals surface area (Å²) in [7, 11) is 0. The first-order valence-corrected chi connectivity index (χ1v) is 11.3. The van der Waals surface area contributed by atoms with E-state index in [9.17, 15) is 8.78 Å². The second-order valence-electron chi connectivity index (χ2n) is 4.90. The zero-order valence-electron chi connectivity index (χ0n) is 10.5. The molecule has 8 heteroatoms. The van der Waals surface area contributed by atoms with Gasteiger partial charge in [0.2, 0.25) is 5.92 Å². The van der Waals surface area contributed by atoms with Crippen molar-refractivity contribution in [2.75, 3.05) is 0 Å². The van der Waals surface area contributed by atoms with Crippen LogP contribution >= 0.6 is 40.2 Å². The fourth-order valence-corrected chi connectivity index (χ4v) is 4.94. The van der Waals surface area contributed by atoms with Crippen LogP contribution in [0.5, 0.6) is 0 Å². The first kappa shape index (κ1) is 14.9. The fraction of sp³-hybridized carbons (Fsp3) is 0.500. The topological polar surface area (TPSA) is 30.7 Å². The molecule has 2 heterocycles. The number of halogens is 3. The third-order valence-electron chi connectivity index (χ3n) is 3.43. The van der Waals surface area contributed by atoms with Crippen molar-refractivity contribution in [3.05, 3.63) is 18.5 Å². The lowest BCUT2D eigenvalue weighted by molar-refractivity contribution is -0.0323. The zero-order valence-corrected chi connectivity index (χ0v) is 14.5. The molecule has 0 saturated heterocycles. The van der Waals surface area contributed by atoms with E-state index in [0.29, 0.717) is 19.2 Å². The Kier molecular flexibility index (Phi) is 4.48. The van der Waals surface area contributed by atoms with Crippen molar-refractivity contribution >= 4 is 51.2 Å². The molecule has 0 N–H and O–H groups in total. The maximum Gasteiger partial charge on any atom is 0.248 e. The highest BCUT2D eigenvalue weighted by molar-refractivity contribution is 14.2. The van der Waals surface area contributed by atoms with Crippen LogP contribution in [0.3, 0.4) is 0 Å². The van der Waals surface area contributed by atoms with Gasteiger partial charge in [-0.1, -0.05) is 0 Å². The summed E-state index contributed by atoms with van der Waals surface area (Å²) in [5.74, 6) is -2.46. The molecular weight excluding hydrogens is 414 g/mol. The summed E-state index contributed by atoms with van der Waals surface area (Å²) >= 11 is 3.93. The minimum Gasteiger partial charge on any atom is -0.235 e. The standard InChI is InChI=1S/C12H13F2IN3PS/c13-12(14)3-1-9(2-4-12)20-10-5-8-6-17-18(19-15)11(8)16-7-10/h5-7,9,19H,1-4H2. The van der Waals surface area contributed by atoms with E-state index in [0.717, 1.165) is 15.9 Å². The third kappa shape index (κ3) is 3.25. The Balaban J connectivity index is 1.72. The number of alkyl halides is 2. The van der Waals surface area contributed by atoms with E-state index in [4.69, 9.17) is 0 Å². The number of hydrogen-bond donors (Lipinski definition) is 0. The normalized spacial score (nSPS) is 20.1. The summed E-state index contributed by atoms with van der Waals surface area (Å²) in [6.07, 6.45) is 5.33. The van der Waals surface area contributed by atoms with Crippen molar-refractivity contribution in [2.24, 2.45) is 0 Å². The summed E-state index contributed by atoms with van der Waals surface area (Å²) in [5, 5.41) is 5.56. The van der Waals surface area contributed by atoms with Gasteiger partial charge in [-0.15, -0.1) is 11.8 Å². The summed E-state index contributed by atoms with van der Waals surface area (Å²) in [6, 6.07) is 2.06. The van der Waals surface area contributed by atoms with Gasteiger partial charge in [0.25, 0.3) is 0 Å². The lowest BCUT2D eigenvalue weighted by Crippen LogP contribution is -2.25. The van der Waals surface area contributed by atoms with E-state index in [1.807, 2.05) is 16.8 Å². The Morgan fingerprint density at radius 2 is 2.10 bits per heavy atom. The molecule has 0 aromatic carbocycles. The van der Waals surface area contributed by atoms with Crippen molar-refractivity contribution in [1.82, 2.24) is 14.5 Å². The van der Waals surface area contributed by atoms with Crippen LogP contribution in [0, 0.1) is 0 Å². The number of aromatic nitrogens is 3. The summed E-state index contributed by atoms with van der Waals surface area (Å²) < 4.78 is 28.1. The van der Waals surface area contributed by atoms with Crippen molar-refractivity contribution in [3.8, 4) is 0 Å². The van der Waals surface area contributed by atoms with Crippen LogP contribution in [0.15, 0.2) is 23.4 Å². The molecule has 2 aromatic heterocycles. The van der Waals surface area contributed by atoms with Gasteiger partial charge in [-0.2, -0.15) is 5.10 Å². The molecule has 3 rings (SSSR count). The number of thioether (sulfide) groups is 1. The predicted octanol–water partition coefficient (Wildman–Crippen LogP) is 4.89. The quantitative estimate of drug-likeness (QED) is 0.516. The molecule has 1 aliphatic rings. The third-order valence-corrected chi connectivity index (χ3v) is 6.59. The van der Waals surface area contributed by atoms with Gasteiger partial charge in [-0.3, -0.25) is 0 Å². The highest BCUT2D eigenvalue weighted by atomic mass is 127. The van der Waals surface area contributed by atoms with Crippen LogP contribution in [0.1, 0.15) is 25.7 Å². The Hall–Kier alpha value is -0.0100. The van der Waals surface area contributed by atoms with Crippen molar-refractivity contribution in [1.29, 1.82) is 0 Å². The molecule has 1 fully saturated rings. The molecule has 0 radical (unpaired) electrons. The van der Waals surface area contributed by atoms with E-state index in [2.05, 4.69) is 38.2 Å². The fourth-order valence-electron chi connectivity index (χ4n) is 2.35. The lowest BCUT2D eigenvalue weighted by Gasteiger charge is -2.27.